The lowest BCUT2D eigenvalue weighted by Gasteiger charge is -2.27. The summed E-state index contributed by atoms with van der Waals surface area (Å²) >= 11 is 0. The third kappa shape index (κ3) is 3.94. The first-order chi connectivity index (χ1) is 12.1. The van der Waals surface area contributed by atoms with Crippen LogP contribution in [0, 0.1) is 0 Å². The first-order valence-electron chi connectivity index (χ1n) is 8.47. The lowest BCUT2D eigenvalue weighted by molar-refractivity contribution is 0.149. The molecular formula is C20H24N2O3. The Morgan fingerprint density at radius 1 is 1.24 bits per heavy atom. The Kier molecular flexibility index (Phi) is 5.24. The van der Waals surface area contributed by atoms with Crippen LogP contribution in [0.2, 0.25) is 0 Å². The molecule has 1 saturated carbocycles. The Morgan fingerprint density at radius 3 is 2.52 bits per heavy atom. The summed E-state index contributed by atoms with van der Waals surface area (Å²) < 4.78 is 5.15. The molecule has 2 amide bonds. The SMILES string of the molecule is COc1ccc(C(CO)N(C)C(=O)NC2CC2c2ccccc2)cc1. The van der Waals surface area contributed by atoms with Gasteiger partial charge in [0.25, 0.3) is 0 Å². The standard InChI is InChI=1S/C20H24N2O3/c1-22(19(13-23)15-8-10-16(25-2)11-9-15)20(24)21-18-12-17(18)14-6-4-3-5-7-14/h3-11,17-19,23H,12-13H2,1-2H3,(H,21,24). The predicted molar refractivity (Wildman–Crippen MR) is 96.7 cm³/mol. The quantitative estimate of drug-likeness (QED) is 0.850. The number of rotatable bonds is 6. The van der Waals surface area contributed by atoms with Crippen molar-refractivity contribution in [3.8, 4) is 5.75 Å². The van der Waals surface area contributed by atoms with E-state index < -0.39 is 0 Å². The monoisotopic (exact) mass is 340 g/mol. The summed E-state index contributed by atoms with van der Waals surface area (Å²) in [5.74, 6) is 1.13. The topological polar surface area (TPSA) is 61.8 Å². The van der Waals surface area contributed by atoms with Gasteiger partial charge in [-0.1, -0.05) is 42.5 Å². The summed E-state index contributed by atoms with van der Waals surface area (Å²) in [5, 5.41) is 12.8. The molecule has 5 nitrogen and oxygen atoms in total. The molecule has 1 aliphatic carbocycles. The maximum Gasteiger partial charge on any atom is 0.317 e. The molecule has 2 aromatic rings. The first-order valence-corrected chi connectivity index (χ1v) is 8.47. The Morgan fingerprint density at radius 2 is 1.92 bits per heavy atom. The average molecular weight is 340 g/mol. The lowest BCUT2D eigenvalue weighted by atomic mass is 10.1. The van der Waals surface area contributed by atoms with Crippen molar-refractivity contribution in [1.82, 2.24) is 10.2 Å². The van der Waals surface area contributed by atoms with Crippen LogP contribution >= 0.6 is 0 Å². The second kappa shape index (κ2) is 7.57. The maximum atomic E-state index is 12.5. The highest BCUT2D eigenvalue weighted by Crippen LogP contribution is 2.40. The van der Waals surface area contributed by atoms with Gasteiger partial charge in [-0.3, -0.25) is 0 Å². The number of hydrogen-bond acceptors (Lipinski definition) is 3. The number of carbonyl (C=O) groups is 1. The van der Waals surface area contributed by atoms with Gasteiger partial charge < -0.3 is 20.1 Å². The van der Waals surface area contributed by atoms with Crippen molar-refractivity contribution in [2.45, 2.75) is 24.4 Å². The zero-order valence-corrected chi connectivity index (χ0v) is 14.6. The van der Waals surface area contributed by atoms with Crippen LogP contribution < -0.4 is 10.1 Å². The highest BCUT2D eigenvalue weighted by atomic mass is 16.5. The molecule has 3 unspecified atom stereocenters. The number of hydrogen-bond donors (Lipinski definition) is 2. The number of nitrogens with zero attached hydrogens (tertiary/aromatic N) is 1. The number of benzene rings is 2. The number of aliphatic hydroxyl groups excluding tert-OH is 1. The zero-order valence-electron chi connectivity index (χ0n) is 14.6. The molecule has 3 atom stereocenters. The molecule has 0 heterocycles. The van der Waals surface area contributed by atoms with E-state index in [0.717, 1.165) is 17.7 Å². The fourth-order valence-corrected chi connectivity index (χ4v) is 3.10. The molecule has 0 bridgehead atoms. The molecule has 25 heavy (non-hydrogen) atoms. The fraction of sp³-hybridized carbons (Fsp3) is 0.350. The van der Waals surface area contributed by atoms with E-state index in [1.165, 1.54) is 5.56 Å². The van der Waals surface area contributed by atoms with E-state index in [2.05, 4.69) is 17.4 Å². The second-order valence-electron chi connectivity index (χ2n) is 6.39. The van der Waals surface area contributed by atoms with E-state index in [9.17, 15) is 9.90 Å². The molecule has 0 saturated heterocycles. The molecule has 0 aliphatic heterocycles. The smallest absolute Gasteiger partial charge is 0.317 e. The third-order valence-electron chi connectivity index (χ3n) is 4.79. The maximum absolute atomic E-state index is 12.5. The first kappa shape index (κ1) is 17.3. The summed E-state index contributed by atoms with van der Waals surface area (Å²) in [6.07, 6.45) is 0.954. The van der Waals surface area contributed by atoms with Gasteiger partial charge in [-0.25, -0.2) is 4.79 Å². The second-order valence-corrected chi connectivity index (χ2v) is 6.39. The molecule has 5 heteroatoms. The summed E-state index contributed by atoms with van der Waals surface area (Å²) in [6, 6.07) is 17.2. The van der Waals surface area contributed by atoms with Crippen molar-refractivity contribution in [2.75, 3.05) is 20.8 Å². The summed E-state index contributed by atoms with van der Waals surface area (Å²) in [7, 11) is 3.32. The van der Waals surface area contributed by atoms with Gasteiger partial charge in [0, 0.05) is 19.0 Å². The van der Waals surface area contributed by atoms with Crippen LogP contribution in [0.4, 0.5) is 4.79 Å². The molecule has 0 spiro atoms. The average Bonchev–Trinajstić information content (AvgIpc) is 3.42. The Bertz CT molecular complexity index is 703. The Hall–Kier alpha value is -2.53. The Balaban J connectivity index is 1.61. The predicted octanol–water partition coefficient (Wildman–Crippen LogP) is 2.93. The molecule has 0 radical (unpaired) electrons. The number of amides is 2. The molecule has 1 aliphatic rings. The minimum Gasteiger partial charge on any atom is -0.497 e. The summed E-state index contributed by atoms with van der Waals surface area (Å²) in [5.41, 5.74) is 2.13. The molecular weight excluding hydrogens is 316 g/mol. The van der Waals surface area contributed by atoms with Gasteiger partial charge in [-0.2, -0.15) is 0 Å². The van der Waals surface area contributed by atoms with Crippen LogP contribution in [-0.2, 0) is 0 Å². The minimum absolute atomic E-state index is 0.136. The highest BCUT2D eigenvalue weighted by molar-refractivity contribution is 5.75. The van der Waals surface area contributed by atoms with Gasteiger partial charge in [-0.05, 0) is 29.7 Å². The van der Waals surface area contributed by atoms with Gasteiger partial charge in [0.05, 0.1) is 19.8 Å². The van der Waals surface area contributed by atoms with Crippen LogP contribution in [0.15, 0.2) is 54.6 Å². The van der Waals surface area contributed by atoms with Crippen LogP contribution in [0.3, 0.4) is 0 Å². The number of ether oxygens (including phenoxy) is 1. The molecule has 3 rings (SSSR count). The number of aliphatic hydroxyl groups is 1. The molecule has 1 fully saturated rings. The van der Waals surface area contributed by atoms with Crippen molar-refractivity contribution in [2.24, 2.45) is 0 Å². The number of carbonyl (C=O) groups excluding carboxylic acids is 1. The zero-order chi connectivity index (χ0) is 17.8. The number of urea groups is 1. The van der Waals surface area contributed by atoms with Crippen molar-refractivity contribution < 1.29 is 14.6 Å². The minimum atomic E-state index is -0.389. The van der Waals surface area contributed by atoms with E-state index in [1.807, 2.05) is 42.5 Å². The van der Waals surface area contributed by atoms with Gasteiger partial charge in [-0.15, -0.1) is 0 Å². The van der Waals surface area contributed by atoms with E-state index in [-0.39, 0.29) is 24.7 Å². The van der Waals surface area contributed by atoms with Crippen molar-refractivity contribution in [1.29, 1.82) is 0 Å². The van der Waals surface area contributed by atoms with Crippen LogP contribution in [0.5, 0.6) is 5.75 Å². The normalized spacial score (nSPS) is 19.8. The van der Waals surface area contributed by atoms with E-state index >= 15 is 0 Å². The van der Waals surface area contributed by atoms with Gasteiger partial charge in [0.15, 0.2) is 0 Å². The van der Waals surface area contributed by atoms with E-state index in [0.29, 0.717) is 5.92 Å². The fourth-order valence-electron chi connectivity index (χ4n) is 3.10. The number of nitrogens with one attached hydrogen (secondary N) is 1. The largest absolute Gasteiger partial charge is 0.497 e. The summed E-state index contributed by atoms with van der Waals surface area (Å²) in [6.45, 7) is -0.136. The number of likely N-dealkylation sites (N-methyl/N-ethyl adjacent to an activating group) is 1. The van der Waals surface area contributed by atoms with Crippen molar-refractivity contribution in [3.63, 3.8) is 0 Å². The van der Waals surface area contributed by atoms with E-state index in [4.69, 9.17) is 4.74 Å². The Labute approximate surface area is 148 Å². The third-order valence-corrected chi connectivity index (χ3v) is 4.79. The van der Waals surface area contributed by atoms with Gasteiger partial charge >= 0.3 is 6.03 Å². The van der Waals surface area contributed by atoms with Crippen LogP contribution in [0.25, 0.3) is 0 Å². The summed E-state index contributed by atoms with van der Waals surface area (Å²) in [4.78, 5) is 14.1. The van der Waals surface area contributed by atoms with Crippen molar-refractivity contribution >= 4 is 6.03 Å². The highest BCUT2D eigenvalue weighted by Gasteiger charge is 2.40. The molecule has 2 N–H and O–H groups in total. The van der Waals surface area contributed by atoms with E-state index in [1.54, 1.807) is 19.1 Å². The van der Waals surface area contributed by atoms with Gasteiger partial charge in [0.2, 0.25) is 0 Å². The van der Waals surface area contributed by atoms with Gasteiger partial charge in [0.1, 0.15) is 5.75 Å². The van der Waals surface area contributed by atoms with Crippen LogP contribution in [-0.4, -0.2) is 42.8 Å². The van der Waals surface area contributed by atoms with Crippen LogP contribution in [0.1, 0.15) is 29.5 Å². The molecule has 2 aromatic carbocycles. The number of methoxy groups -OCH3 is 1. The molecule has 0 aromatic heterocycles. The lowest BCUT2D eigenvalue weighted by Crippen LogP contribution is -2.42. The van der Waals surface area contributed by atoms with Crippen molar-refractivity contribution in [3.05, 3.63) is 65.7 Å². The molecule has 132 valence electrons.